The van der Waals surface area contributed by atoms with E-state index in [4.69, 9.17) is 4.55 Å². The minimum Gasteiger partial charge on any atom is -0.286 e. The van der Waals surface area contributed by atoms with E-state index in [1.807, 2.05) is 0 Å². The van der Waals surface area contributed by atoms with E-state index in [0.717, 1.165) is 18.8 Å². The van der Waals surface area contributed by atoms with Gasteiger partial charge in [0.25, 0.3) is 10.1 Å². The Morgan fingerprint density at radius 2 is 0.750 bits per heavy atom. The lowest BCUT2D eigenvalue weighted by Gasteiger charge is -2.17. The Bertz CT molecular complexity index is 441. The van der Waals surface area contributed by atoms with Crippen LogP contribution < -0.4 is 0 Å². The van der Waals surface area contributed by atoms with Gasteiger partial charge in [-0.3, -0.25) is 4.55 Å². The van der Waals surface area contributed by atoms with Crippen molar-refractivity contribution < 1.29 is 13.0 Å². The molecule has 0 radical (unpaired) electrons. The minimum atomic E-state index is -3.77. The van der Waals surface area contributed by atoms with Gasteiger partial charge >= 0.3 is 0 Å². The quantitative estimate of drug-likeness (QED) is 0.100. The number of rotatable bonds is 26. The molecule has 0 unspecified atom stereocenters. The summed E-state index contributed by atoms with van der Waals surface area (Å²) in [6.07, 6.45) is 31.7. The van der Waals surface area contributed by atoms with Gasteiger partial charge in [0, 0.05) is 0 Å². The molecular formula is C28H58O3S. The molecule has 0 saturated carbocycles. The predicted molar refractivity (Wildman–Crippen MR) is 142 cm³/mol. The Hall–Kier alpha value is -0.0900. The van der Waals surface area contributed by atoms with Gasteiger partial charge in [0.05, 0.1) is 5.75 Å². The third kappa shape index (κ3) is 26.2. The van der Waals surface area contributed by atoms with E-state index in [0.29, 0.717) is 6.42 Å². The highest BCUT2D eigenvalue weighted by molar-refractivity contribution is 7.85. The maximum absolute atomic E-state index is 10.8. The van der Waals surface area contributed by atoms with Crippen LogP contribution in [-0.4, -0.2) is 18.7 Å². The third-order valence-electron chi connectivity index (χ3n) is 6.95. The fraction of sp³-hybridized carbons (Fsp3) is 1.00. The van der Waals surface area contributed by atoms with E-state index in [-0.39, 0.29) is 5.75 Å². The molecule has 3 nitrogen and oxygen atoms in total. The van der Waals surface area contributed by atoms with Crippen LogP contribution in [0.3, 0.4) is 0 Å². The normalized spacial score (nSPS) is 12.1. The highest BCUT2D eigenvalue weighted by Crippen LogP contribution is 2.25. The van der Waals surface area contributed by atoms with Crippen molar-refractivity contribution in [1.29, 1.82) is 0 Å². The first-order valence-electron chi connectivity index (χ1n) is 14.4. The summed E-state index contributed by atoms with van der Waals surface area (Å²) in [6, 6.07) is 0. The zero-order valence-corrected chi connectivity index (χ0v) is 22.7. The molecule has 194 valence electrons. The van der Waals surface area contributed by atoms with Crippen LogP contribution in [0.5, 0.6) is 0 Å². The Morgan fingerprint density at radius 1 is 0.469 bits per heavy atom. The van der Waals surface area contributed by atoms with Crippen molar-refractivity contribution in [1.82, 2.24) is 0 Å². The number of hydrogen-bond acceptors (Lipinski definition) is 2. The SMILES string of the molecule is CCCCCCCCCCC(CCCCCCCCCC)CCCCCCCS(=O)(=O)O. The Labute approximate surface area is 202 Å². The first-order chi connectivity index (χ1) is 15.5. The molecule has 1 N–H and O–H groups in total. The summed E-state index contributed by atoms with van der Waals surface area (Å²) < 4.78 is 30.4. The summed E-state index contributed by atoms with van der Waals surface area (Å²) in [5.41, 5.74) is 0. The third-order valence-corrected chi connectivity index (χ3v) is 7.75. The maximum Gasteiger partial charge on any atom is 0.264 e. The zero-order valence-electron chi connectivity index (χ0n) is 21.9. The van der Waals surface area contributed by atoms with Crippen molar-refractivity contribution in [3.63, 3.8) is 0 Å². The molecule has 0 saturated heterocycles. The van der Waals surface area contributed by atoms with Crippen molar-refractivity contribution >= 4 is 10.1 Å². The van der Waals surface area contributed by atoms with Crippen molar-refractivity contribution in [2.24, 2.45) is 5.92 Å². The predicted octanol–water partition coefficient (Wildman–Crippen LogP) is 9.89. The molecule has 0 amide bonds. The van der Waals surface area contributed by atoms with Crippen LogP contribution in [0.15, 0.2) is 0 Å². The zero-order chi connectivity index (χ0) is 23.8. The first kappa shape index (κ1) is 31.9. The largest absolute Gasteiger partial charge is 0.286 e. The summed E-state index contributed by atoms with van der Waals surface area (Å²) in [4.78, 5) is 0. The molecule has 0 rings (SSSR count). The fourth-order valence-electron chi connectivity index (χ4n) is 4.81. The summed E-state index contributed by atoms with van der Waals surface area (Å²) in [6.45, 7) is 4.57. The topological polar surface area (TPSA) is 54.4 Å². The van der Waals surface area contributed by atoms with Gasteiger partial charge in [-0.1, -0.05) is 162 Å². The molecule has 0 aromatic rings. The molecule has 4 heteroatoms. The summed E-state index contributed by atoms with van der Waals surface area (Å²) in [7, 11) is -3.77. The summed E-state index contributed by atoms with van der Waals surface area (Å²) >= 11 is 0. The van der Waals surface area contributed by atoms with Crippen LogP contribution in [0.2, 0.25) is 0 Å². The van der Waals surface area contributed by atoms with Gasteiger partial charge in [0.1, 0.15) is 0 Å². The average Bonchev–Trinajstić information content (AvgIpc) is 2.75. The summed E-state index contributed by atoms with van der Waals surface area (Å²) in [5, 5.41) is 0. The molecule has 0 atom stereocenters. The van der Waals surface area contributed by atoms with Gasteiger partial charge in [-0.15, -0.1) is 0 Å². The Balaban J connectivity index is 3.92. The van der Waals surface area contributed by atoms with Crippen molar-refractivity contribution in [3.8, 4) is 0 Å². The number of hydrogen-bond donors (Lipinski definition) is 1. The van der Waals surface area contributed by atoms with Crippen LogP contribution in [0, 0.1) is 5.92 Å². The maximum atomic E-state index is 10.8. The molecule has 0 fully saturated rings. The fourth-order valence-corrected chi connectivity index (χ4v) is 5.38. The van der Waals surface area contributed by atoms with Crippen LogP contribution >= 0.6 is 0 Å². The van der Waals surface area contributed by atoms with Crippen LogP contribution in [0.4, 0.5) is 0 Å². The molecule has 0 aliphatic heterocycles. The second kappa shape index (κ2) is 24.0. The monoisotopic (exact) mass is 474 g/mol. The van der Waals surface area contributed by atoms with Crippen LogP contribution in [0.1, 0.15) is 168 Å². The highest BCUT2D eigenvalue weighted by Gasteiger charge is 2.09. The van der Waals surface area contributed by atoms with E-state index >= 15 is 0 Å². The molecule has 0 aliphatic carbocycles. The van der Waals surface area contributed by atoms with E-state index in [2.05, 4.69) is 13.8 Å². The van der Waals surface area contributed by atoms with Crippen molar-refractivity contribution in [2.75, 3.05) is 5.75 Å². The Morgan fingerprint density at radius 3 is 1.06 bits per heavy atom. The minimum absolute atomic E-state index is 0.0769. The lowest BCUT2D eigenvalue weighted by Crippen LogP contribution is -2.03. The van der Waals surface area contributed by atoms with Crippen LogP contribution in [0.25, 0.3) is 0 Å². The van der Waals surface area contributed by atoms with Gasteiger partial charge in [-0.25, -0.2) is 0 Å². The van der Waals surface area contributed by atoms with Gasteiger partial charge < -0.3 is 0 Å². The van der Waals surface area contributed by atoms with E-state index in [1.165, 1.54) is 135 Å². The first-order valence-corrected chi connectivity index (χ1v) is 16.1. The molecule has 0 bridgehead atoms. The van der Waals surface area contributed by atoms with Crippen molar-refractivity contribution in [2.45, 2.75) is 168 Å². The number of unbranched alkanes of at least 4 members (excludes halogenated alkanes) is 18. The van der Waals surface area contributed by atoms with Gasteiger partial charge in [-0.05, 0) is 12.3 Å². The second-order valence-electron chi connectivity index (χ2n) is 10.2. The standard InChI is InChI=1S/C28H58O3S/c1-3-5-7-9-11-13-16-20-24-28(25-21-17-14-12-10-8-6-4-2)26-22-18-15-19-23-27-32(29,30)31/h28H,3-27H2,1-2H3,(H,29,30,31). The summed E-state index contributed by atoms with van der Waals surface area (Å²) in [5.74, 6) is 0.819. The molecule has 0 aliphatic rings. The molecule has 0 aromatic heterocycles. The lowest BCUT2D eigenvalue weighted by atomic mass is 9.89. The van der Waals surface area contributed by atoms with Gasteiger partial charge in [-0.2, -0.15) is 8.42 Å². The van der Waals surface area contributed by atoms with Gasteiger partial charge in [0.2, 0.25) is 0 Å². The molecule has 0 spiro atoms. The Kier molecular flexibility index (Phi) is 24.0. The lowest BCUT2D eigenvalue weighted by molar-refractivity contribution is 0.365. The molecule has 32 heavy (non-hydrogen) atoms. The molecule has 0 aromatic carbocycles. The molecular weight excluding hydrogens is 416 g/mol. The second-order valence-corrected chi connectivity index (χ2v) is 11.8. The van der Waals surface area contributed by atoms with E-state index in [9.17, 15) is 8.42 Å². The van der Waals surface area contributed by atoms with Crippen molar-refractivity contribution in [3.05, 3.63) is 0 Å². The van der Waals surface area contributed by atoms with E-state index in [1.54, 1.807) is 0 Å². The smallest absolute Gasteiger partial charge is 0.264 e. The average molecular weight is 475 g/mol. The van der Waals surface area contributed by atoms with Crippen LogP contribution in [-0.2, 0) is 10.1 Å². The van der Waals surface area contributed by atoms with Gasteiger partial charge in [0.15, 0.2) is 0 Å². The van der Waals surface area contributed by atoms with E-state index < -0.39 is 10.1 Å². The molecule has 0 heterocycles. The highest BCUT2D eigenvalue weighted by atomic mass is 32.2.